The molecule has 0 amide bonds. The quantitative estimate of drug-likeness (QED) is 0.454. The molecule has 0 atom stereocenters. The summed E-state index contributed by atoms with van der Waals surface area (Å²) in [4.78, 5) is 10.7. The standard InChI is InChI=1S/C24H32N2O2/c1-5-8-21(9-6-2)28-22-14-12-20(13-15-22)16-17-27-26-19(4)25-24-18(3)10-7-11-23(24)26/h7,10-15,21H,5-6,8-9,16-17H2,1-4H3. The third-order valence-corrected chi connectivity index (χ3v) is 5.06. The van der Waals surface area contributed by atoms with Crippen LogP contribution in [-0.2, 0) is 6.42 Å². The number of imidazole rings is 1. The number of para-hydroxylation sites is 1. The van der Waals surface area contributed by atoms with Crippen LogP contribution in [0.15, 0.2) is 42.5 Å². The second-order valence-corrected chi connectivity index (χ2v) is 7.44. The monoisotopic (exact) mass is 380 g/mol. The molecule has 0 aliphatic heterocycles. The molecule has 3 rings (SSSR count). The van der Waals surface area contributed by atoms with E-state index in [2.05, 4.69) is 62.2 Å². The fraction of sp³-hybridized carbons (Fsp3) is 0.458. The lowest BCUT2D eigenvalue weighted by Crippen LogP contribution is -2.16. The summed E-state index contributed by atoms with van der Waals surface area (Å²) in [6.45, 7) is 9.08. The highest BCUT2D eigenvalue weighted by Gasteiger charge is 2.10. The summed E-state index contributed by atoms with van der Waals surface area (Å²) in [6, 6.07) is 14.6. The van der Waals surface area contributed by atoms with E-state index in [1.165, 1.54) is 11.1 Å². The van der Waals surface area contributed by atoms with Crippen molar-refractivity contribution in [2.45, 2.75) is 65.9 Å². The molecule has 4 heteroatoms. The Morgan fingerprint density at radius 3 is 2.36 bits per heavy atom. The molecule has 0 aliphatic rings. The number of fused-ring (bicyclic) bond motifs is 1. The molecule has 28 heavy (non-hydrogen) atoms. The fourth-order valence-electron chi connectivity index (χ4n) is 3.59. The lowest BCUT2D eigenvalue weighted by Gasteiger charge is -2.18. The Balaban J connectivity index is 1.57. The van der Waals surface area contributed by atoms with Gasteiger partial charge in [-0.1, -0.05) is 51.0 Å². The summed E-state index contributed by atoms with van der Waals surface area (Å²) < 4.78 is 7.99. The van der Waals surface area contributed by atoms with E-state index in [9.17, 15) is 0 Å². The zero-order valence-corrected chi connectivity index (χ0v) is 17.6. The van der Waals surface area contributed by atoms with Gasteiger partial charge in [-0.15, -0.1) is 0 Å². The molecule has 0 unspecified atom stereocenters. The maximum Gasteiger partial charge on any atom is 0.143 e. The maximum absolute atomic E-state index is 6.15. The van der Waals surface area contributed by atoms with Gasteiger partial charge < -0.3 is 9.57 Å². The Kier molecular flexibility index (Phi) is 6.96. The van der Waals surface area contributed by atoms with Crippen LogP contribution in [0.4, 0.5) is 0 Å². The van der Waals surface area contributed by atoms with E-state index in [0.717, 1.165) is 54.7 Å². The van der Waals surface area contributed by atoms with Gasteiger partial charge in [0.1, 0.15) is 23.7 Å². The average molecular weight is 381 g/mol. The van der Waals surface area contributed by atoms with Crippen LogP contribution in [0.2, 0.25) is 0 Å². The topological polar surface area (TPSA) is 36.3 Å². The van der Waals surface area contributed by atoms with Crippen molar-refractivity contribution < 1.29 is 9.57 Å². The van der Waals surface area contributed by atoms with Crippen LogP contribution in [0.1, 0.15) is 56.5 Å². The molecular formula is C24H32N2O2. The minimum Gasteiger partial charge on any atom is -0.490 e. The molecular weight excluding hydrogens is 348 g/mol. The number of ether oxygens (including phenoxy) is 1. The summed E-state index contributed by atoms with van der Waals surface area (Å²) in [5, 5.41) is 0. The molecule has 1 heterocycles. The van der Waals surface area contributed by atoms with E-state index in [0.29, 0.717) is 12.7 Å². The van der Waals surface area contributed by atoms with Gasteiger partial charge in [-0.25, -0.2) is 4.98 Å². The Hall–Kier alpha value is -2.49. The first-order valence-corrected chi connectivity index (χ1v) is 10.5. The highest BCUT2D eigenvalue weighted by molar-refractivity contribution is 5.79. The van der Waals surface area contributed by atoms with Gasteiger partial charge in [0.15, 0.2) is 0 Å². The number of benzene rings is 2. The highest BCUT2D eigenvalue weighted by Crippen LogP contribution is 2.20. The van der Waals surface area contributed by atoms with Crippen molar-refractivity contribution in [3.05, 3.63) is 59.4 Å². The van der Waals surface area contributed by atoms with Crippen LogP contribution in [0.25, 0.3) is 11.0 Å². The van der Waals surface area contributed by atoms with Crippen LogP contribution in [0.5, 0.6) is 5.75 Å². The Labute approximate surface area is 168 Å². The Morgan fingerprint density at radius 2 is 1.68 bits per heavy atom. The number of aryl methyl sites for hydroxylation is 2. The van der Waals surface area contributed by atoms with Crippen LogP contribution in [0, 0.1) is 13.8 Å². The first kappa shape index (κ1) is 20.2. The predicted molar refractivity (Wildman–Crippen MR) is 115 cm³/mol. The summed E-state index contributed by atoms with van der Waals surface area (Å²) >= 11 is 0. The van der Waals surface area contributed by atoms with Crippen LogP contribution in [0.3, 0.4) is 0 Å². The number of nitrogens with zero attached hydrogens (tertiary/aromatic N) is 2. The number of hydrogen-bond donors (Lipinski definition) is 0. The van der Waals surface area contributed by atoms with Crippen molar-refractivity contribution in [1.29, 1.82) is 0 Å². The minimum atomic E-state index is 0.324. The molecule has 0 aliphatic carbocycles. The molecule has 0 N–H and O–H groups in total. The molecule has 0 bridgehead atoms. The van der Waals surface area contributed by atoms with Gasteiger partial charge in [0.2, 0.25) is 0 Å². The summed E-state index contributed by atoms with van der Waals surface area (Å²) in [6.07, 6.45) is 5.70. The van der Waals surface area contributed by atoms with E-state index in [4.69, 9.17) is 9.57 Å². The van der Waals surface area contributed by atoms with E-state index >= 15 is 0 Å². The van der Waals surface area contributed by atoms with Crippen LogP contribution < -0.4 is 9.57 Å². The van der Waals surface area contributed by atoms with E-state index < -0.39 is 0 Å². The lowest BCUT2D eigenvalue weighted by molar-refractivity contribution is 0.117. The van der Waals surface area contributed by atoms with Crippen molar-refractivity contribution in [1.82, 2.24) is 9.71 Å². The smallest absolute Gasteiger partial charge is 0.143 e. The van der Waals surface area contributed by atoms with Crippen LogP contribution in [-0.4, -0.2) is 22.4 Å². The Morgan fingerprint density at radius 1 is 0.964 bits per heavy atom. The van der Waals surface area contributed by atoms with Crippen molar-refractivity contribution in [2.75, 3.05) is 6.61 Å². The third-order valence-electron chi connectivity index (χ3n) is 5.06. The number of aromatic nitrogens is 2. The largest absolute Gasteiger partial charge is 0.490 e. The second-order valence-electron chi connectivity index (χ2n) is 7.44. The Bertz CT molecular complexity index is 878. The van der Waals surface area contributed by atoms with Gasteiger partial charge in [-0.3, -0.25) is 0 Å². The van der Waals surface area contributed by atoms with Crippen molar-refractivity contribution in [3.8, 4) is 5.75 Å². The molecule has 1 aromatic heterocycles. The summed E-state index contributed by atoms with van der Waals surface area (Å²) in [5.41, 5.74) is 4.45. The van der Waals surface area contributed by atoms with E-state index in [1.54, 1.807) is 0 Å². The third kappa shape index (κ3) is 4.86. The van der Waals surface area contributed by atoms with E-state index in [-0.39, 0.29) is 0 Å². The average Bonchev–Trinajstić information content (AvgIpc) is 3.01. The van der Waals surface area contributed by atoms with Gasteiger partial charge in [-0.05, 0) is 56.0 Å². The summed E-state index contributed by atoms with van der Waals surface area (Å²) in [5.74, 6) is 1.84. The molecule has 4 nitrogen and oxygen atoms in total. The van der Waals surface area contributed by atoms with Crippen molar-refractivity contribution in [3.63, 3.8) is 0 Å². The zero-order valence-electron chi connectivity index (χ0n) is 17.6. The van der Waals surface area contributed by atoms with Crippen molar-refractivity contribution in [2.24, 2.45) is 0 Å². The lowest BCUT2D eigenvalue weighted by atomic mass is 10.1. The molecule has 0 saturated heterocycles. The SMILES string of the molecule is CCCC(CCC)Oc1ccc(CCOn2c(C)nc3c(C)cccc32)cc1. The molecule has 0 spiro atoms. The van der Waals surface area contributed by atoms with E-state index in [1.807, 2.05) is 17.7 Å². The molecule has 150 valence electrons. The fourth-order valence-corrected chi connectivity index (χ4v) is 3.59. The zero-order chi connectivity index (χ0) is 19.9. The second kappa shape index (κ2) is 9.63. The first-order valence-electron chi connectivity index (χ1n) is 10.5. The number of hydrogen-bond acceptors (Lipinski definition) is 3. The molecule has 2 aromatic carbocycles. The molecule has 3 aromatic rings. The minimum absolute atomic E-state index is 0.324. The van der Waals surface area contributed by atoms with Gasteiger partial charge >= 0.3 is 0 Å². The first-order chi connectivity index (χ1) is 13.6. The predicted octanol–water partition coefficient (Wildman–Crippen LogP) is 5.67. The van der Waals surface area contributed by atoms with Crippen LogP contribution >= 0.6 is 0 Å². The maximum atomic E-state index is 6.15. The number of rotatable bonds is 10. The van der Waals surface area contributed by atoms with Gasteiger partial charge in [-0.2, -0.15) is 4.73 Å². The van der Waals surface area contributed by atoms with Gasteiger partial charge in [0, 0.05) is 6.42 Å². The van der Waals surface area contributed by atoms with Gasteiger partial charge in [0.25, 0.3) is 0 Å². The molecule has 0 fully saturated rings. The van der Waals surface area contributed by atoms with Gasteiger partial charge in [0.05, 0.1) is 11.6 Å². The van der Waals surface area contributed by atoms with Crippen molar-refractivity contribution >= 4 is 11.0 Å². The highest BCUT2D eigenvalue weighted by atomic mass is 16.7. The molecule has 0 saturated carbocycles. The molecule has 0 radical (unpaired) electrons. The summed E-state index contributed by atoms with van der Waals surface area (Å²) in [7, 11) is 0. The normalized spacial score (nSPS) is 11.3.